The molecule has 0 spiro atoms. The second-order valence-corrected chi connectivity index (χ2v) is 11.2. The van der Waals surface area contributed by atoms with E-state index in [0.29, 0.717) is 0 Å². The first-order valence-corrected chi connectivity index (χ1v) is 14.8. The minimum Gasteiger partial charge on any atom is -0.467 e. The summed E-state index contributed by atoms with van der Waals surface area (Å²) in [5.41, 5.74) is 0.264. The SMILES string of the molecule is COc1nc(Cl)nc(Nc2ccc(C=Cc3ccc(Nc4nc(OC)nc(OC)n4)cc3S(=O)(=O)O)c(S(=O)(=O)O)c2)n1.[K].[K]. The zero-order chi connectivity index (χ0) is 31.4. The second-order valence-electron chi connectivity index (χ2n) is 8.09. The summed E-state index contributed by atoms with van der Waals surface area (Å²) < 4.78 is 83.5. The third-order valence-electron chi connectivity index (χ3n) is 5.27. The number of anilines is 4. The van der Waals surface area contributed by atoms with Crippen LogP contribution in [-0.2, 0) is 20.2 Å². The van der Waals surface area contributed by atoms with Gasteiger partial charge in [-0.3, -0.25) is 9.11 Å². The molecule has 17 nitrogen and oxygen atoms in total. The summed E-state index contributed by atoms with van der Waals surface area (Å²) in [4.78, 5) is 22.3. The third-order valence-corrected chi connectivity index (χ3v) is 7.26. The number of ether oxygens (including phenoxy) is 3. The van der Waals surface area contributed by atoms with Gasteiger partial charge < -0.3 is 24.8 Å². The Kier molecular flexibility index (Phi) is 15.1. The average molecular weight is 731 g/mol. The van der Waals surface area contributed by atoms with Crippen LogP contribution in [0.5, 0.6) is 18.0 Å². The van der Waals surface area contributed by atoms with Gasteiger partial charge in [-0.25, -0.2) is 0 Å². The van der Waals surface area contributed by atoms with Crippen LogP contribution in [0.4, 0.5) is 23.3 Å². The smallest absolute Gasteiger partial charge is 0.324 e. The van der Waals surface area contributed by atoms with E-state index in [-0.39, 0.29) is 160 Å². The molecular formula is C23H21ClK2N8O9S2. The van der Waals surface area contributed by atoms with Crippen LogP contribution in [-0.4, -0.2) is 180 Å². The molecule has 0 bridgehead atoms. The summed E-state index contributed by atoms with van der Waals surface area (Å²) in [6.45, 7) is 0. The van der Waals surface area contributed by atoms with Crippen molar-refractivity contribution in [2.75, 3.05) is 32.0 Å². The van der Waals surface area contributed by atoms with Crippen LogP contribution in [0.1, 0.15) is 11.1 Å². The van der Waals surface area contributed by atoms with Crippen LogP contribution in [0.3, 0.4) is 0 Å². The van der Waals surface area contributed by atoms with Gasteiger partial charge in [0.2, 0.25) is 17.2 Å². The van der Waals surface area contributed by atoms with Gasteiger partial charge in [-0.15, -0.1) is 4.98 Å². The Balaban J connectivity index is 0.00000353. The number of halogens is 1. The maximum absolute atomic E-state index is 12.2. The number of rotatable bonds is 11. The van der Waals surface area contributed by atoms with Gasteiger partial charge in [0.25, 0.3) is 20.2 Å². The Labute approximate surface area is 347 Å². The van der Waals surface area contributed by atoms with Crippen molar-refractivity contribution < 1.29 is 40.2 Å². The predicted molar refractivity (Wildman–Crippen MR) is 164 cm³/mol. The summed E-state index contributed by atoms with van der Waals surface area (Å²) in [5, 5.41) is 5.30. The zero-order valence-electron chi connectivity index (χ0n) is 24.2. The molecule has 0 fully saturated rings. The van der Waals surface area contributed by atoms with E-state index in [9.17, 15) is 25.9 Å². The number of hydrogen-bond acceptors (Lipinski definition) is 15. The Morgan fingerprint density at radius 1 is 0.644 bits per heavy atom. The normalized spacial score (nSPS) is 11.2. The fourth-order valence-electron chi connectivity index (χ4n) is 3.44. The molecule has 2 aromatic heterocycles. The Bertz CT molecular complexity index is 1920. The van der Waals surface area contributed by atoms with E-state index in [2.05, 4.69) is 40.5 Å². The number of methoxy groups -OCH3 is 3. The van der Waals surface area contributed by atoms with Crippen LogP contribution in [0.2, 0.25) is 5.28 Å². The van der Waals surface area contributed by atoms with E-state index >= 15 is 0 Å². The topological polar surface area (TPSA) is 238 Å². The van der Waals surface area contributed by atoms with Gasteiger partial charge in [0.05, 0.1) is 21.3 Å². The fourth-order valence-corrected chi connectivity index (χ4v) is 5.01. The van der Waals surface area contributed by atoms with Crippen molar-refractivity contribution in [2.45, 2.75) is 9.79 Å². The van der Waals surface area contributed by atoms with Crippen molar-refractivity contribution in [1.29, 1.82) is 0 Å². The molecule has 0 saturated heterocycles. The Hall–Kier alpha value is -1.42. The van der Waals surface area contributed by atoms with E-state index < -0.39 is 30.0 Å². The largest absolute Gasteiger partial charge is 0.467 e. The molecule has 0 aliphatic heterocycles. The van der Waals surface area contributed by atoms with E-state index in [0.717, 1.165) is 12.1 Å². The maximum atomic E-state index is 12.2. The van der Waals surface area contributed by atoms with E-state index in [4.69, 9.17) is 25.8 Å². The predicted octanol–water partition coefficient (Wildman–Crippen LogP) is 2.13. The molecule has 228 valence electrons. The molecule has 4 rings (SSSR count). The average Bonchev–Trinajstić information content (AvgIpc) is 2.95. The molecule has 0 aliphatic rings. The van der Waals surface area contributed by atoms with E-state index in [1.54, 1.807) is 0 Å². The van der Waals surface area contributed by atoms with Crippen molar-refractivity contribution in [3.8, 4) is 18.0 Å². The fraction of sp³-hybridized carbons (Fsp3) is 0.130. The molecule has 22 heteroatoms. The van der Waals surface area contributed by atoms with E-state index in [1.807, 2.05) is 0 Å². The van der Waals surface area contributed by atoms with Crippen LogP contribution in [0, 0.1) is 0 Å². The van der Waals surface area contributed by atoms with Crippen molar-refractivity contribution >= 4 is 170 Å². The van der Waals surface area contributed by atoms with Crippen LogP contribution >= 0.6 is 11.6 Å². The molecule has 45 heavy (non-hydrogen) atoms. The molecular weight excluding hydrogens is 710 g/mol. The van der Waals surface area contributed by atoms with Gasteiger partial charge in [-0.05, 0) is 47.0 Å². The van der Waals surface area contributed by atoms with Crippen molar-refractivity contribution in [1.82, 2.24) is 29.9 Å². The molecule has 2 heterocycles. The van der Waals surface area contributed by atoms with Crippen LogP contribution < -0.4 is 24.8 Å². The third kappa shape index (κ3) is 11.1. The number of nitrogens with one attached hydrogen (secondary N) is 2. The van der Waals surface area contributed by atoms with Crippen molar-refractivity contribution in [3.63, 3.8) is 0 Å². The summed E-state index contributed by atoms with van der Waals surface area (Å²) in [7, 11) is -5.58. The number of hydrogen-bond donors (Lipinski definition) is 4. The van der Waals surface area contributed by atoms with Crippen LogP contribution in [0.25, 0.3) is 12.2 Å². The van der Waals surface area contributed by atoms with Gasteiger partial charge >= 0.3 is 18.0 Å². The van der Waals surface area contributed by atoms with Gasteiger partial charge in [0.15, 0.2) is 0 Å². The second kappa shape index (κ2) is 17.1. The monoisotopic (exact) mass is 730 g/mol. The molecule has 4 N–H and O–H groups in total. The molecule has 0 atom stereocenters. The first-order chi connectivity index (χ1) is 20.3. The first kappa shape index (κ1) is 39.8. The minimum absolute atomic E-state index is 0. The number of benzene rings is 2. The summed E-state index contributed by atoms with van der Waals surface area (Å²) in [5.74, 6) is -0.111. The number of aromatic nitrogens is 6. The van der Waals surface area contributed by atoms with Gasteiger partial charge in [-0.1, -0.05) is 24.3 Å². The summed E-state index contributed by atoms with van der Waals surface area (Å²) in [6.07, 6.45) is 2.46. The van der Waals surface area contributed by atoms with Crippen molar-refractivity contribution in [2.24, 2.45) is 0 Å². The molecule has 0 amide bonds. The van der Waals surface area contributed by atoms with Crippen molar-refractivity contribution in [3.05, 3.63) is 52.8 Å². The molecule has 0 saturated carbocycles. The first-order valence-electron chi connectivity index (χ1n) is 11.5. The molecule has 0 aliphatic carbocycles. The summed E-state index contributed by atoms with van der Waals surface area (Å²) >= 11 is 5.83. The van der Waals surface area contributed by atoms with Gasteiger partial charge in [0, 0.05) is 114 Å². The molecule has 2 aromatic carbocycles. The summed E-state index contributed by atoms with van der Waals surface area (Å²) in [6, 6.07) is 7.49. The Morgan fingerprint density at radius 3 is 1.40 bits per heavy atom. The van der Waals surface area contributed by atoms with Crippen LogP contribution in [0.15, 0.2) is 46.2 Å². The molecule has 4 aromatic rings. The minimum atomic E-state index is -4.78. The van der Waals surface area contributed by atoms with Gasteiger partial charge in [-0.2, -0.15) is 41.8 Å². The van der Waals surface area contributed by atoms with Gasteiger partial charge in [0.1, 0.15) is 9.79 Å². The quantitative estimate of drug-likeness (QED) is 0.0982. The standard InChI is InChI=1S/C23H21ClN8O9S2.2K/c1-39-21-28-18(24)27-19(29-21)25-14-8-6-12(16(10-14)42(33,34)35)4-5-13-7-9-15(11-17(13)43(36,37)38)26-20-30-22(40-2)32-23(31-20)41-3;;/h4-11H,1-3H3,(H,33,34,35)(H,36,37,38)(H,25,27,28,29)(H,26,30,31,32);;. The Morgan fingerprint density at radius 2 is 1.02 bits per heavy atom. The van der Waals surface area contributed by atoms with E-state index in [1.165, 1.54) is 57.7 Å². The molecule has 0 unspecified atom stereocenters. The number of nitrogens with zero attached hydrogens (tertiary/aromatic N) is 6. The molecule has 2 radical (unpaired) electrons. The zero-order valence-corrected chi connectivity index (χ0v) is 32.9. The maximum Gasteiger partial charge on any atom is 0.324 e.